The van der Waals surface area contributed by atoms with Crippen LogP contribution < -0.4 is 5.32 Å². The van der Waals surface area contributed by atoms with Gasteiger partial charge in [-0.2, -0.15) is 10.2 Å². The number of rotatable bonds is 4. The Morgan fingerprint density at radius 3 is 2.87 bits per heavy atom. The number of fused-ring (bicyclic) bond motifs is 1. The molecule has 0 aliphatic carbocycles. The summed E-state index contributed by atoms with van der Waals surface area (Å²) in [6.07, 6.45) is 5.24. The van der Waals surface area contributed by atoms with Crippen molar-refractivity contribution in [1.29, 1.82) is 0 Å². The summed E-state index contributed by atoms with van der Waals surface area (Å²) in [5.74, 6) is -0.336. The van der Waals surface area contributed by atoms with Gasteiger partial charge in [-0.05, 0) is 26.8 Å². The van der Waals surface area contributed by atoms with Crippen LogP contribution in [0.5, 0.6) is 0 Å². The van der Waals surface area contributed by atoms with Gasteiger partial charge in [-0.3, -0.25) is 9.48 Å². The maximum absolute atomic E-state index is 12.5. The van der Waals surface area contributed by atoms with E-state index in [1.54, 1.807) is 18.5 Å². The monoisotopic (exact) mass is 332 g/mol. The fourth-order valence-corrected chi connectivity index (χ4v) is 2.73. The summed E-state index contributed by atoms with van der Waals surface area (Å²) in [5, 5.41) is 11.7. The maximum Gasteiger partial charge on any atom is 0.273 e. The van der Waals surface area contributed by atoms with E-state index in [-0.39, 0.29) is 22.7 Å². The Morgan fingerprint density at radius 2 is 2.22 bits per heavy atom. The van der Waals surface area contributed by atoms with Crippen molar-refractivity contribution in [3.8, 4) is 0 Å². The molecule has 0 aliphatic rings. The van der Waals surface area contributed by atoms with Crippen molar-refractivity contribution in [2.45, 2.75) is 33.4 Å². The lowest BCUT2D eigenvalue weighted by molar-refractivity contribution is 0.0934. The molecule has 0 saturated carbocycles. The molecule has 0 fully saturated rings. The molecular formula is C15H17ClN6O. The molecule has 1 unspecified atom stereocenters. The molecule has 120 valence electrons. The average molecular weight is 333 g/mol. The number of hydrogen-bond donors (Lipinski definition) is 1. The Kier molecular flexibility index (Phi) is 4.04. The highest BCUT2D eigenvalue weighted by Gasteiger charge is 2.22. The van der Waals surface area contributed by atoms with E-state index in [1.807, 2.05) is 31.6 Å². The zero-order chi connectivity index (χ0) is 16.6. The summed E-state index contributed by atoms with van der Waals surface area (Å²) < 4.78 is 3.33. The van der Waals surface area contributed by atoms with Crippen LogP contribution in [0, 0.1) is 6.92 Å². The van der Waals surface area contributed by atoms with Crippen molar-refractivity contribution in [3.05, 3.63) is 46.6 Å². The number of halogens is 1. The molecule has 7 nitrogen and oxygen atoms in total. The zero-order valence-corrected chi connectivity index (χ0v) is 13.9. The molecule has 0 bridgehead atoms. The van der Waals surface area contributed by atoms with Gasteiger partial charge in [-0.15, -0.1) is 0 Å². The van der Waals surface area contributed by atoms with E-state index in [1.165, 1.54) is 4.52 Å². The van der Waals surface area contributed by atoms with E-state index in [0.29, 0.717) is 5.65 Å². The number of nitrogens with zero attached hydrogens (tertiary/aromatic N) is 5. The van der Waals surface area contributed by atoms with Gasteiger partial charge >= 0.3 is 0 Å². The van der Waals surface area contributed by atoms with E-state index < -0.39 is 0 Å². The van der Waals surface area contributed by atoms with Crippen molar-refractivity contribution < 1.29 is 4.79 Å². The lowest BCUT2D eigenvalue weighted by Gasteiger charge is -2.12. The molecule has 1 N–H and O–H groups in total. The van der Waals surface area contributed by atoms with Crippen LogP contribution in [0.15, 0.2) is 24.7 Å². The molecule has 0 aromatic carbocycles. The van der Waals surface area contributed by atoms with Crippen LogP contribution in [0.2, 0.25) is 5.02 Å². The molecule has 8 heteroatoms. The zero-order valence-electron chi connectivity index (χ0n) is 13.1. The van der Waals surface area contributed by atoms with Crippen molar-refractivity contribution in [2.24, 2.45) is 0 Å². The second-order valence-corrected chi connectivity index (χ2v) is 5.65. The standard InChI is InChI=1S/C15H17ClN6O/c1-4-21-8-11(10(3)19-21)9(2)18-15(23)13-12(16)14-17-6-5-7-22(14)20-13/h5-9H,4H2,1-3H3,(H,18,23). The summed E-state index contributed by atoms with van der Waals surface area (Å²) in [5.41, 5.74) is 2.49. The van der Waals surface area contributed by atoms with E-state index >= 15 is 0 Å². The predicted molar refractivity (Wildman–Crippen MR) is 86.5 cm³/mol. The van der Waals surface area contributed by atoms with Gasteiger partial charge in [0.1, 0.15) is 5.02 Å². The van der Waals surface area contributed by atoms with Crippen molar-refractivity contribution in [3.63, 3.8) is 0 Å². The second-order valence-electron chi connectivity index (χ2n) is 5.27. The summed E-state index contributed by atoms with van der Waals surface area (Å²) >= 11 is 6.22. The highest BCUT2D eigenvalue weighted by Crippen LogP contribution is 2.21. The van der Waals surface area contributed by atoms with Crippen LogP contribution in [0.25, 0.3) is 5.65 Å². The molecule has 3 aromatic rings. The topological polar surface area (TPSA) is 77.1 Å². The van der Waals surface area contributed by atoms with Gasteiger partial charge in [0.2, 0.25) is 0 Å². The maximum atomic E-state index is 12.5. The Labute approximate surface area is 138 Å². The predicted octanol–water partition coefficient (Wildman–Crippen LogP) is 2.40. The van der Waals surface area contributed by atoms with Crippen molar-refractivity contribution >= 4 is 23.2 Å². The van der Waals surface area contributed by atoms with Crippen LogP contribution in [-0.2, 0) is 6.54 Å². The van der Waals surface area contributed by atoms with Crippen LogP contribution in [0.3, 0.4) is 0 Å². The normalized spacial score (nSPS) is 12.5. The highest BCUT2D eigenvalue weighted by atomic mass is 35.5. The van der Waals surface area contributed by atoms with E-state index in [2.05, 4.69) is 20.5 Å². The molecule has 23 heavy (non-hydrogen) atoms. The minimum Gasteiger partial charge on any atom is -0.344 e. The Balaban J connectivity index is 1.85. The van der Waals surface area contributed by atoms with Crippen LogP contribution in [-0.4, -0.2) is 30.3 Å². The Bertz CT molecular complexity index is 868. The number of nitrogens with one attached hydrogen (secondary N) is 1. The van der Waals surface area contributed by atoms with Gasteiger partial charge in [-0.1, -0.05) is 11.6 Å². The number of carbonyl (C=O) groups is 1. The van der Waals surface area contributed by atoms with Gasteiger partial charge < -0.3 is 5.32 Å². The molecule has 0 radical (unpaired) electrons. The van der Waals surface area contributed by atoms with Gasteiger partial charge in [0.05, 0.1) is 11.7 Å². The molecule has 1 amide bonds. The molecule has 3 rings (SSSR count). The number of aromatic nitrogens is 5. The summed E-state index contributed by atoms with van der Waals surface area (Å²) in [6, 6.07) is 1.53. The minimum absolute atomic E-state index is 0.165. The van der Waals surface area contributed by atoms with Gasteiger partial charge in [0, 0.05) is 30.7 Å². The number of amides is 1. The molecule has 3 heterocycles. The van der Waals surface area contributed by atoms with Crippen molar-refractivity contribution in [2.75, 3.05) is 0 Å². The fourth-order valence-electron chi connectivity index (χ4n) is 2.47. The average Bonchev–Trinajstić information content (AvgIpc) is 3.08. The van der Waals surface area contributed by atoms with Gasteiger partial charge in [-0.25, -0.2) is 9.50 Å². The molecule has 1 atom stereocenters. The smallest absolute Gasteiger partial charge is 0.273 e. The van der Waals surface area contributed by atoms with E-state index in [0.717, 1.165) is 17.8 Å². The SMILES string of the molecule is CCn1cc(C(C)NC(=O)c2nn3cccnc3c2Cl)c(C)n1. The lowest BCUT2D eigenvalue weighted by Crippen LogP contribution is -2.27. The lowest BCUT2D eigenvalue weighted by atomic mass is 10.1. The first-order valence-corrected chi connectivity index (χ1v) is 7.72. The Morgan fingerprint density at radius 1 is 1.43 bits per heavy atom. The van der Waals surface area contributed by atoms with Gasteiger partial charge in [0.25, 0.3) is 5.91 Å². The van der Waals surface area contributed by atoms with E-state index in [9.17, 15) is 4.79 Å². The minimum atomic E-state index is -0.336. The summed E-state index contributed by atoms with van der Waals surface area (Å²) in [4.78, 5) is 16.6. The molecule has 0 saturated heterocycles. The third-order valence-electron chi connectivity index (χ3n) is 3.68. The largest absolute Gasteiger partial charge is 0.344 e. The van der Waals surface area contributed by atoms with Gasteiger partial charge in [0.15, 0.2) is 11.3 Å². The van der Waals surface area contributed by atoms with Crippen LogP contribution >= 0.6 is 11.6 Å². The van der Waals surface area contributed by atoms with Crippen molar-refractivity contribution in [1.82, 2.24) is 29.7 Å². The molecular weight excluding hydrogens is 316 g/mol. The Hall–Kier alpha value is -2.41. The van der Waals surface area contributed by atoms with E-state index in [4.69, 9.17) is 11.6 Å². The second kappa shape index (κ2) is 6.00. The highest BCUT2D eigenvalue weighted by molar-refractivity contribution is 6.36. The fraction of sp³-hybridized carbons (Fsp3) is 0.333. The summed E-state index contributed by atoms with van der Waals surface area (Å²) in [7, 11) is 0. The number of hydrogen-bond acceptors (Lipinski definition) is 4. The first kappa shape index (κ1) is 15.5. The first-order valence-electron chi connectivity index (χ1n) is 7.35. The first-order chi connectivity index (χ1) is 11.0. The number of aryl methyl sites for hydroxylation is 2. The quantitative estimate of drug-likeness (QED) is 0.795. The molecule has 0 aliphatic heterocycles. The molecule has 3 aromatic heterocycles. The van der Waals surface area contributed by atoms with Crippen LogP contribution in [0.4, 0.5) is 0 Å². The number of carbonyl (C=O) groups excluding carboxylic acids is 1. The molecule has 0 spiro atoms. The van der Waals surface area contributed by atoms with Crippen LogP contribution in [0.1, 0.15) is 41.6 Å². The summed E-state index contributed by atoms with van der Waals surface area (Å²) in [6.45, 7) is 6.63. The third-order valence-corrected chi connectivity index (χ3v) is 4.02. The third kappa shape index (κ3) is 2.79.